The highest BCUT2D eigenvalue weighted by Gasteiger charge is 2.06. The van der Waals surface area contributed by atoms with Gasteiger partial charge >= 0.3 is 0 Å². The van der Waals surface area contributed by atoms with Gasteiger partial charge in [0, 0.05) is 5.56 Å². The monoisotopic (exact) mass is 233 g/mol. The standard InChI is InChI=1S/C13H12ClNO/c1-2-16-12-8-4-3-6-10(12)11-7-5-9-13(14)15-11/h3-9H,2H2,1H3. The van der Waals surface area contributed by atoms with E-state index in [1.807, 2.05) is 43.3 Å². The van der Waals surface area contributed by atoms with Crippen LogP contribution >= 0.6 is 11.6 Å². The maximum atomic E-state index is 5.87. The van der Waals surface area contributed by atoms with Crippen molar-refractivity contribution in [2.75, 3.05) is 6.61 Å². The molecule has 3 heteroatoms. The maximum Gasteiger partial charge on any atom is 0.129 e. The first-order valence-electron chi connectivity index (χ1n) is 5.16. The molecule has 0 radical (unpaired) electrons. The van der Waals surface area contributed by atoms with Crippen molar-refractivity contribution in [1.29, 1.82) is 0 Å². The number of hydrogen-bond donors (Lipinski definition) is 0. The summed E-state index contributed by atoms with van der Waals surface area (Å²) in [6, 6.07) is 13.4. The Balaban J connectivity index is 2.46. The Hall–Kier alpha value is -1.54. The zero-order valence-electron chi connectivity index (χ0n) is 8.98. The number of hydrogen-bond acceptors (Lipinski definition) is 2. The molecule has 16 heavy (non-hydrogen) atoms. The smallest absolute Gasteiger partial charge is 0.129 e. The fourth-order valence-corrected chi connectivity index (χ4v) is 1.68. The van der Waals surface area contributed by atoms with Crippen molar-refractivity contribution in [3.63, 3.8) is 0 Å². The summed E-state index contributed by atoms with van der Waals surface area (Å²) in [5.74, 6) is 0.833. The highest BCUT2D eigenvalue weighted by molar-refractivity contribution is 6.29. The molecule has 0 spiro atoms. The first kappa shape index (κ1) is 11.0. The van der Waals surface area contributed by atoms with Crippen molar-refractivity contribution < 1.29 is 4.74 Å². The van der Waals surface area contributed by atoms with Gasteiger partial charge in [-0.05, 0) is 31.2 Å². The summed E-state index contributed by atoms with van der Waals surface area (Å²) in [6.45, 7) is 2.60. The van der Waals surface area contributed by atoms with Gasteiger partial charge in [0.1, 0.15) is 10.9 Å². The van der Waals surface area contributed by atoms with Gasteiger partial charge in [-0.15, -0.1) is 0 Å². The van der Waals surface area contributed by atoms with Gasteiger partial charge in [0.25, 0.3) is 0 Å². The Bertz CT molecular complexity index is 485. The van der Waals surface area contributed by atoms with Gasteiger partial charge in [0.15, 0.2) is 0 Å². The van der Waals surface area contributed by atoms with Crippen LogP contribution in [-0.2, 0) is 0 Å². The van der Waals surface area contributed by atoms with E-state index in [1.165, 1.54) is 0 Å². The molecule has 82 valence electrons. The molecule has 2 nitrogen and oxygen atoms in total. The lowest BCUT2D eigenvalue weighted by Gasteiger charge is -2.09. The Kier molecular flexibility index (Phi) is 3.42. The van der Waals surface area contributed by atoms with Crippen LogP contribution in [0, 0.1) is 0 Å². The molecule has 0 saturated heterocycles. The maximum absolute atomic E-state index is 5.87. The molecule has 2 aromatic rings. The summed E-state index contributed by atoms with van der Waals surface area (Å²) in [6.07, 6.45) is 0. The van der Waals surface area contributed by atoms with Gasteiger partial charge < -0.3 is 4.74 Å². The van der Waals surface area contributed by atoms with E-state index in [2.05, 4.69) is 4.98 Å². The third-order valence-electron chi connectivity index (χ3n) is 2.18. The average molecular weight is 234 g/mol. The predicted molar refractivity (Wildman–Crippen MR) is 65.9 cm³/mol. The Morgan fingerprint density at radius 2 is 1.94 bits per heavy atom. The third-order valence-corrected chi connectivity index (χ3v) is 2.39. The molecule has 0 unspecified atom stereocenters. The fraction of sp³-hybridized carbons (Fsp3) is 0.154. The van der Waals surface area contributed by atoms with Gasteiger partial charge in [-0.1, -0.05) is 29.8 Å². The second kappa shape index (κ2) is 4.99. The van der Waals surface area contributed by atoms with E-state index >= 15 is 0 Å². The van der Waals surface area contributed by atoms with Crippen molar-refractivity contribution in [2.24, 2.45) is 0 Å². The first-order chi connectivity index (χ1) is 7.81. The zero-order chi connectivity index (χ0) is 11.4. The zero-order valence-corrected chi connectivity index (χ0v) is 9.74. The number of para-hydroxylation sites is 1. The van der Waals surface area contributed by atoms with E-state index in [4.69, 9.17) is 16.3 Å². The van der Waals surface area contributed by atoms with Gasteiger partial charge in [0.05, 0.1) is 12.3 Å². The molecule has 0 atom stereocenters. The van der Waals surface area contributed by atoms with Crippen molar-refractivity contribution >= 4 is 11.6 Å². The summed E-state index contributed by atoms with van der Waals surface area (Å²) in [7, 11) is 0. The number of rotatable bonds is 3. The minimum Gasteiger partial charge on any atom is -0.493 e. The number of aromatic nitrogens is 1. The van der Waals surface area contributed by atoms with Gasteiger partial charge in [0.2, 0.25) is 0 Å². The SMILES string of the molecule is CCOc1ccccc1-c1cccc(Cl)n1. The van der Waals surface area contributed by atoms with Crippen LogP contribution in [0.2, 0.25) is 5.15 Å². The lowest BCUT2D eigenvalue weighted by molar-refractivity contribution is 0.341. The molecule has 0 fully saturated rings. The van der Waals surface area contributed by atoms with Crippen LogP contribution in [0.1, 0.15) is 6.92 Å². The van der Waals surface area contributed by atoms with E-state index < -0.39 is 0 Å². The minimum atomic E-state index is 0.490. The number of pyridine rings is 1. The van der Waals surface area contributed by atoms with Crippen LogP contribution in [0.4, 0.5) is 0 Å². The second-order valence-electron chi connectivity index (χ2n) is 3.27. The molecular formula is C13H12ClNO. The van der Waals surface area contributed by atoms with Crippen molar-refractivity contribution in [2.45, 2.75) is 6.92 Å². The summed E-state index contributed by atoms with van der Waals surface area (Å²) in [5.41, 5.74) is 1.79. The topological polar surface area (TPSA) is 22.1 Å². The van der Waals surface area contributed by atoms with Crippen LogP contribution < -0.4 is 4.74 Å². The number of halogens is 1. The fourth-order valence-electron chi connectivity index (χ4n) is 1.52. The summed E-state index contributed by atoms with van der Waals surface area (Å²) in [4.78, 5) is 4.27. The number of nitrogens with zero attached hydrogens (tertiary/aromatic N) is 1. The summed E-state index contributed by atoms with van der Waals surface area (Å²) in [5, 5.41) is 0.490. The van der Waals surface area contributed by atoms with Crippen LogP contribution in [-0.4, -0.2) is 11.6 Å². The molecule has 0 N–H and O–H groups in total. The quantitative estimate of drug-likeness (QED) is 0.753. The second-order valence-corrected chi connectivity index (χ2v) is 3.66. The highest BCUT2D eigenvalue weighted by Crippen LogP contribution is 2.28. The molecule has 1 aromatic heterocycles. The van der Waals surface area contributed by atoms with Crippen LogP contribution in [0.3, 0.4) is 0 Å². The molecular weight excluding hydrogens is 222 g/mol. The number of ether oxygens (including phenoxy) is 1. The molecule has 0 bridgehead atoms. The average Bonchev–Trinajstić information content (AvgIpc) is 2.30. The molecule has 0 saturated carbocycles. The van der Waals surface area contributed by atoms with E-state index in [0.717, 1.165) is 17.0 Å². The van der Waals surface area contributed by atoms with Gasteiger partial charge in [-0.3, -0.25) is 0 Å². The van der Waals surface area contributed by atoms with Crippen LogP contribution in [0.15, 0.2) is 42.5 Å². The normalized spacial score (nSPS) is 10.1. The Labute approximate surface area is 99.9 Å². The van der Waals surface area contributed by atoms with Crippen LogP contribution in [0.5, 0.6) is 5.75 Å². The van der Waals surface area contributed by atoms with E-state index in [9.17, 15) is 0 Å². The molecule has 1 aromatic carbocycles. The molecule has 0 amide bonds. The summed E-state index contributed by atoms with van der Waals surface area (Å²) >= 11 is 5.87. The summed E-state index contributed by atoms with van der Waals surface area (Å²) < 4.78 is 5.55. The minimum absolute atomic E-state index is 0.490. The number of benzene rings is 1. The third kappa shape index (κ3) is 2.34. The largest absolute Gasteiger partial charge is 0.493 e. The lowest BCUT2D eigenvalue weighted by Crippen LogP contribution is -1.94. The van der Waals surface area contributed by atoms with Crippen molar-refractivity contribution in [3.8, 4) is 17.0 Å². The van der Waals surface area contributed by atoms with E-state index in [1.54, 1.807) is 6.07 Å². The Morgan fingerprint density at radius 1 is 1.12 bits per heavy atom. The predicted octanol–water partition coefficient (Wildman–Crippen LogP) is 3.80. The Morgan fingerprint density at radius 3 is 2.69 bits per heavy atom. The molecule has 2 rings (SSSR count). The van der Waals surface area contributed by atoms with Crippen molar-refractivity contribution in [3.05, 3.63) is 47.6 Å². The van der Waals surface area contributed by atoms with E-state index in [-0.39, 0.29) is 0 Å². The van der Waals surface area contributed by atoms with Crippen LogP contribution in [0.25, 0.3) is 11.3 Å². The molecule has 1 heterocycles. The molecule has 0 aliphatic carbocycles. The first-order valence-corrected chi connectivity index (χ1v) is 5.54. The molecule has 0 aliphatic heterocycles. The molecule has 0 aliphatic rings. The van der Waals surface area contributed by atoms with Gasteiger partial charge in [-0.2, -0.15) is 0 Å². The van der Waals surface area contributed by atoms with Crippen molar-refractivity contribution in [1.82, 2.24) is 4.98 Å². The van der Waals surface area contributed by atoms with E-state index in [0.29, 0.717) is 11.8 Å². The lowest BCUT2D eigenvalue weighted by atomic mass is 10.1. The highest BCUT2D eigenvalue weighted by atomic mass is 35.5. The van der Waals surface area contributed by atoms with Gasteiger partial charge in [-0.25, -0.2) is 4.98 Å².